The molecule has 1 aliphatic heterocycles. The smallest absolute Gasteiger partial charge is 0.342 e. The summed E-state index contributed by atoms with van der Waals surface area (Å²) in [5.41, 5.74) is 9.25. The van der Waals surface area contributed by atoms with Gasteiger partial charge in [0, 0.05) is 11.9 Å². The number of methoxy groups -OCH3 is 1. The summed E-state index contributed by atoms with van der Waals surface area (Å²) in [6, 6.07) is 10.7. The van der Waals surface area contributed by atoms with Crippen molar-refractivity contribution >= 4 is 40.7 Å². The Morgan fingerprint density at radius 2 is 2.00 bits per heavy atom. The summed E-state index contributed by atoms with van der Waals surface area (Å²) in [6.07, 6.45) is 3.46. The molecule has 0 bridgehead atoms. The summed E-state index contributed by atoms with van der Waals surface area (Å²) in [6.45, 7) is 3.60. The van der Waals surface area contributed by atoms with Crippen molar-refractivity contribution in [3.8, 4) is 5.75 Å². The van der Waals surface area contributed by atoms with E-state index in [1.54, 1.807) is 57.5 Å². The third-order valence-corrected chi connectivity index (χ3v) is 5.04. The highest BCUT2D eigenvalue weighted by molar-refractivity contribution is 6.39. The molecule has 0 unspecified atom stereocenters. The first-order valence-electron chi connectivity index (χ1n) is 9.77. The highest BCUT2D eigenvalue weighted by Gasteiger charge is 2.39. The Morgan fingerprint density at radius 3 is 2.61 bits per heavy atom. The Hall–Kier alpha value is -4.07. The van der Waals surface area contributed by atoms with Crippen LogP contribution in [0.3, 0.4) is 0 Å². The first-order chi connectivity index (χ1) is 15.0. The number of nitrogens with two attached hydrogens (primary N) is 1. The van der Waals surface area contributed by atoms with Gasteiger partial charge >= 0.3 is 5.97 Å². The summed E-state index contributed by atoms with van der Waals surface area (Å²) in [5.74, 6) is 0.173. The number of pyridine rings is 1. The van der Waals surface area contributed by atoms with Gasteiger partial charge in [-0.15, -0.1) is 0 Å². The number of hydrogen-bond acceptors (Lipinski definition) is 6. The largest absolute Gasteiger partial charge is 0.497 e. The molecule has 0 spiro atoms. The third-order valence-electron chi connectivity index (χ3n) is 5.04. The summed E-state index contributed by atoms with van der Waals surface area (Å²) >= 11 is 0. The topological polar surface area (TPSA) is 111 Å². The molecule has 0 saturated heterocycles. The standard InChI is InChI=1S/C23H22N4O4/c1-4-31-23(29)18-13(2)26-21-19(20(18)24)17(12-14-6-5-11-25-14)22(28)27(21)15-7-9-16(30-3)10-8-15/h5-12,25H,4H2,1-3H3,(H2,24,26)/b17-12-. The molecule has 0 saturated carbocycles. The first-order valence-corrected chi connectivity index (χ1v) is 9.77. The monoisotopic (exact) mass is 418 g/mol. The molecular weight excluding hydrogens is 396 g/mol. The van der Waals surface area contributed by atoms with Crippen LogP contribution in [0, 0.1) is 6.92 Å². The highest BCUT2D eigenvalue weighted by Crippen LogP contribution is 2.45. The van der Waals surface area contributed by atoms with Gasteiger partial charge in [0.15, 0.2) is 5.82 Å². The van der Waals surface area contributed by atoms with E-state index >= 15 is 0 Å². The number of nitrogens with one attached hydrogen (secondary N) is 1. The van der Waals surface area contributed by atoms with Gasteiger partial charge in [-0.1, -0.05) is 0 Å². The lowest BCUT2D eigenvalue weighted by molar-refractivity contribution is -0.112. The molecule has 1 aliphatic rings. The van der Waals surface area contributed by atoms with Gasteiger partial charge < -0.3 is 20.2 Å². The van der Waals surface area contributed by atoms with Crippen molar-refractivity contribution in [1.82, 2.24) is 9.97 Å². The molecule has 3 heterocycles. The van der Waals surface area contributed by atoms with Crippen molar-refractivity contribution in [2.24, 2.45) is 0 Å². The van der Waals surface area contributed by atoms with E-state index < -0.39 is 5.97 Å². The highest BCUT2D eigenvalue weighted by atomic mass is 16.5. The first kappa shape index (κ1) is 20.2. The number of fused-ring (bicyclic) bond motifs is 1. The molecular formula is C23H22N4O4. The number of nitrogens with zero attached hydrogens (tertiary/aromatic N) is 2. The molecule has 4 rings (SSSR count). The second kappa shape index (κ2) is 7.98. The Balaban J connectivity index is 1.95. The van der Waals surface area contributed by atoms with Crippen molar-refractivity contribution in [3.05, 3.63) is 65.1 Å². The number of rotatable bonds is 5. The van der Waals surface area contributed by atoms with Gasteiger partial charge in [0.25, 0.3) is 5.91 Å². The number of anilines is 3. The predicted molar refractivity (Wildman–Crippen MR) is 118 cm³/mol. The van der Waals surface area contributed by atoms with Gasteiger partial charge in [-0.2, -0.15) is 0 Å². The average Bonchev–Trinajstić information content (AvgIpc) is 3.35. The van der Waals surface area contributed by atoms with Crippen LogP contribution in [0.2, 0.25) is 0 Å². The number of aromatic nitrogens is 2. The molecule has 0 aliphatic carbocycles. The SMILES string of the molecule is CCOC(=O)c1c(C)nc2c(c1N)/C(=C/c1ccc[nH]1)C(=O)N2c1ccc(OC)cc1. The quantitative estimate of drug-likeness (QED) is 0.483. The number of carbonyl (C=O) groups excluding carboxylic acids is 2. The number of aryl methyl sites for hydroxylation is 1. The van der Waals surface area contributed by atoms with Crippen molar-refractivity contribution in [2.45, 2.75) is 13.8 Å². The third kappa shape index (κ3) is 3.42. The lowest BCUT2D eigenvalue weighted by atomic mass is 10.0. The number of nitrogen functional groups attached to an aromatic ring is 1. The van der Waals surface area contributed by atoms with Crippen molar-refractivity contribution in [3.63, 3.8) is 0 Å². The van der Waals surface area contributed by atoms with E-state index in [4.69, 9.17) is 15.2 Å². The molecule has 2 aromatic heterocycles. The van der Waals surface area contributed by atoms with E-state index in [0.717, 1.165) is 5.69 Å². The molecule has 0 radical (unpaired) electrons. The molecule has 3 aromatic rings. The van der Waals surface area contributed by atoms with Crippen LogP contribution >= 0.6 is 0 Å². The van der Waals surface area contributed by atoms with Crippen LogP contribution in [0.25, 0.3) is 11.6 Å². The molecule has 3 N–H and O–H groups in total. The normalized spacial score (nSPS) is 14.1. The number of aromatic amines is 1. The lowest BCUT2D eigenvalue weighted by Gasteiger charge is -2.18. The molecule has 1 aromatic carbocycles. The minimum absolute atomic E-state index is 0.169. The second-order valence-electron chi connectivity index (χ2n) is 6.93. The van der Waals surface area contributed by atoms with Crippen LogP contribution in [0.5, 0.6) is 5.75 Å². The number of ether oxygens (including phenoxy) is 2. The summed E-state index contributed by atoms with van der Waals surface area (Å²) in [7, 11) is 1.57. The molecule has 0 fully saturated rings. The maximum absolute atomic E-state index is 13.5. The minimum atomic E-state index is -0.567. The van der Waals surface area contributed by atoms with Gasteiger partial charge in [-0.25, -0.2) is 9.78 Å². The van der Waals surface area contributed by atoms with E-state index in [0.29, 0.717) is 34.1 Å². The zero-order chi connectivity index (χ0) is 22.1. The van der Waals surface area contributed by atoms with E-state index in [1.807, 2.05) is 12.1 Å². The maximum Gasteiger partial charge on any atom is 0.342 e. The van der Waals surface area contributed by atoms with Gasteiger partial charge in [0.1, 0.15) is 11.3 Å². The molecule has 8 heteroatoms. The van der Waals surface area contributed by atoms with Gasteiger partial charge in [-0.3, -0.25) is 9.69 Å². The Kier molecular flexibility index (Phi) is 5.21. The number of carbonyl (C=O) groups is 2. The Morgan fingerprint density at radius 1 is 1.26 bits per heavy atom. The van der Waals surface area contributed by atoms with Crippen molar-refractivity contribution in [2.75, 3.05) is 24.4 Å². The molecule has 1 amide bonds. The number of hydrogen-bond donors (Lipinski definition) is 2. The van der Waals surface area contributed by atoms with Crippen LogP contribution in [0.15, 0.2) is 42.6 Å². The van der Waals surface area contributed by atoms with E-state index in [9.17, 15) is 9.59 Å². The lowest BCUT2D eigenvalue weighted by Crippen LogP contribution is -2.21. The van der Waals surface area contributed by atoms with Crippen LogP contribution in [0.4, 0.5) is 17.2 Å². The van der Waals surface area contributed by atoms with Gasteiger partial charge in [0.05, 0.1) is 41.9 Å². The number of amides is 1. The molecule has 0 atom stereocenters. The van der Waals surface area contributed by atoms with E-state index in [1.165, 1.54) is 4.90 Å². The fourth-order valence-electron chi connectivity index (χ4n) is 3.62. The van der Waals surface area contributed by atoms with Crippen LogP contribution in [-0.4, -0.2) is 35.6 Å². The number of H-pyrrole nitrogens is 1. The van der Waals surface area contributed by atoms with E-state index in [2.05, 4.69) is 9.97 Å². The second-order valence-corrected chi connectivity index (χ2v) is 6.93. The van der Waals surface area contributed by atoms with E-state index in [-0.39, 0.29) is 23.8 Å². The van der Waals surface area contributed by atoms with Crippen LogP contribution < -0.4 is 15.4 Å². The molecule has 158 valence electrons. The summed E-state index contributed by atoms with van der Waals surface area (Å²) in [5, 5.41) is 0. The predicted octanol–water partition coefficient (Wildman–Crippen LogP) is 3.70. The van der Waals surface area contributed by atoms with Crippen molar-refractivity contribution < 1.29 is 19.1 Å². The fourth-order valence-corrected chi connectivity index (χ4v) is 3.62. The number of esters is 1. The Labute approximate surface area is 179 Å². The summed E-state index contributed by atoms with van der Waals surface area (Å²) < 4.78 is 10.4. The van der Waals surface area contributed by atoms with Gasteiger partial charge in [-0.05, 0) is 56.3 Å². The Bertz CT molecular complexity index is 1180. The minimum Gasteiger partial charge on any atom is -0.497 e. The van der Waals surface area contributed by atoms with Crippen LogP contribution in [0.1, 0.15) is 34.2 Å². The van der Waals surface area contributed by atoms with Gasteiger partial charge in [0.2, 0.25) is 0 Å². The van der Waals surface area contributed by atoms with Crippen LogP contribution in [-0.2, 0) is 9.53 Å². The number of benzene rings is 1. The summed E-state index contributed by atoms with van der Waals surface area (Å²) in [4.78, 5) is 35.2. The van der Waals surface area contributed by atoms with Crippen molar-refractivity contribution in [1.29, 1.82) is 0 Å². The average molecular weight is 418 g/mol. The molecule has 31 heavy (non-hydrogen) atoms. The zero-order valence-corrected chi connectivity index (χ0v) is 17.4. The maximum atomic E-state index is 13.5. The fraction of sp³-hybridized carbons (Fsp3) is 0.174. The zero-order valence-electron chi connectivity index (χ0n) is 17.4. The molecule has 8 nitrogen and oxygen atoms in total.